The largest absolute Gasteiger partial charge is 0.420 e. The van der Waals surface area contributed by atoms with Crippen LogP contribution in [0.15, 0.2) is 21.9 Å². The van der Waals surface area contributed by atoms with Crippen molar-refractivity contribution >= 4 is 23.2 Å². The predicted octanol–water partition coefficient (Wildman–Crippen LogP) is 1.59. The van der Waals surface area contributed by atoms with Crippen molar-refractivity contribution in [2.45, 2.75) is 18.8 Å². The summed E-state index contributed by atoms with van der Waals surface area (Å²) in [7, 11) is 1.74. The molecule has 2 atom stereocenters. The van der Waals surface area contributed by atoms with Crippen molar-refractivity contribution < 1.29 is 14.0 Å². The number of aromatic nitrogens is 2. The first-order valence-electron chi connectivity index (χ1n) is 8.02. The van der Waals surface area contributed by atoms with Crippen LogP contribution in [-0.4, -0.2) is 58.5 Å². The molecule has 2 saturated heterocycles. The molecule has 2 aromatic heterocycles. The van der Waals surface area contributed by atoms with Gasteiger partial charge in [-0.25, -0.2) is 0 Å². The normalized spacial score (nSPS) is 24.1. The molecule has 0 spiro atoms. The van der Waals surface area contributed by atoms with Crippen LogP contribution in [0.2, 0.25) is 0 Å². The molecule has 4 rings (SSSR count). The van der Waals surface area contributed by atoms with E-state index in [1.54, 1.807) is 23.3 Å². The maximum absolute atomic E-state index is 12.6. The Hall–Kier alpha value is -2.22. The van der Waals surface area contributed by atoms with Crippen LogP contribution in [0.25, 0.3) is 10.8 Å². The Morgan fingerprint density at radius 1 is 1.38 bits per heavy atom. The van der Waals surface area contributed by atoms with E-state index in [1.807, 2.05) is 22.4 Å². The minimum absolute atomic E-state index is 0.0431. The molecule has 24 heavy (non-hydrogen) atoms. The van der Waals surface area contributed by atoms with Crippen LogP contribution in [0.3, 0.4) is 0 Å². The van der Waals surface area contributed by atoms with E-state index in [0.29, 0.717) is 37.8 Å². The van der Waals surface area contributed by atoms with Crippen molar-refractivity contribution in [3.63, 3.8) is 0 Å². The molecule has 7 nitrogen and oxygen atoms in total. The fourth-order valence-corrected chi connectivity index (χ4v) is 3.99. The first-order chi connectivity index (χ1) is 11.6. The van der Waals surface area contributed by atoms with Gasteiger partial charge in [0.2, 0.25) is 17.7 Å². The highest BCUT2D eigenvalue weighted by molar-refractivity contribution is 7.13. The zero-order valence-corrected chi connectivity index (χ0v) is 14.2. The lowest BCUT2D eigenvalue weighted by atomic mass is 10.1. The van der Waals surface area contributed by atoms with Crippen LogP contribution in [0.1, 0.15) is 24.7 Å². The van der Waals surface area contributed by atoms with Crippen LogP contribution in [0.5, 0.6) is 0 Å². The summed E-state index contributed by atoms with van der Waals surface area (Å²) in [5.41, 5.74) is 0. The Labute approximate surface area is 143 Å². The quantitative estimate of drug-likeness (QED) is 0.843. The van der Waals surface area contributed by atoms with Crippen molar-refractivity contribution in [2.24, 2.45) is 5.92 Å². The number of nitrogens with zero attached hydrogens (tertiary/aromatic N) is 4. The molecule has 8 heteroatoms. The van der Waals surface area contributed by atoms with E-state index < -0.39 is 0 Å². The molecule has 126 valence electrons. The van der Waals surface area contributed by atoms with E-state index in [4.69, 9.17) is 4.42 Å². The Morgan fingerprint density at radius 2 is 2.25 bits per heavy atom. The predicted molar refractivity (Wildman–Crippen MR) is 87.3 cm³/mol. The van der Waals surface area contributed by atoms with Gasteiger partial charge in [-0.3, -0.25) is 9.59 Å². The van der Waals surface area contributed by atoms with Gasteiger partial charge in [-0.1, -0.05) is 6.07 Å². The highest BCUT2D eigenvalue weighted by Gasteiger charge is 2.38. The third kappa shape index (κ3) is 2.71. The molecule has 2 fully saturated rings. The van der Waals surface area contributed by atoms with E-state index in [0.717, 1.165) is 11.3 Å². The maximum Gasteiger partial charge on any atom is 0.257 e. The summed E-state index contributed by atoms with van der Waals surface area (Å²) in [6.45, 7) is 1.77. The number of rotatable bonds is 3. The fraction of sp³-hybridized carbons (Fsp3) is 0.500. The van der Waals surface area contributed by atoms with Crippen LogP contribution in [0.4, 0.5) is 0 Å². The molecule has 2 amide bonds. The Kier molecular flexibility index (Phi) is 3.84. The fourth-order valence-electron chi connectivity index (χ4n) is 3.35. The molecule has 0 aliphatic carbocycles. The smallest absolute Gasteiger partial charge is 0.257 e. The number of thiophene rings is 1. The van der Waals surface area contributed by atoms with Crippen LogP contribution >= 0.6 is 11.3 Å². The van der Waals surface area contributed by atoms with E-state index in [-0.39, 0.29) is 23.7 Å². The zero-order chi connectivity index (χ0) is 16.7. The molecule has 0 N–H and O–H groups in total. The molecular weight excluding hydrogens is 328 g/mol. The monoisotopic (exact) mass is 346 g/mol. The highest BCUT2D eigenvalue weighted by Crippen LogP contribution is 2.31. The topological polar surface area (TPSA) is 79.5 Å². The first kappa shape index (κ1) is 15.3. The standard InChI is InChI=1S/C16H18N4O3S/c1-19-8-11(7-13(19)21)16(22)20-5-4-10(9-20)14-17-18-15(23-14)12-3-2-6-24-12/h2-3,6,10-11H,4-5,7-9H2,1H3. The lowest BCUT2D eigenvalue weighted by Crippen LogP contribution is -2.35. The van der Waals surface area contributed by atoms with Crippen molar-refractivity contribution in [2.75, 3.05) is 26.7 Å². The lowest BCUT2D eigenvalue weighted by Gasteiger charge is -2.19. The summed E-state index contributed by atoms with van der Waals surface area (Å²) in [6, 6.07) is 3.89. The summed E-state index contributed by atoms with van der Waals surface area (Å²) >= 11 is 1.56. The number of carbonyl (C=O) groups is 2. The molecule has 2 unspecified atom stereocenters. The highest BCUT2D eigenvalue weighted by atomic mass is 32.1. The third-order valence-electron chi connectivity index (χ3n) is 4.71. The summed E-state index contributed by atoms with van der Waals surface area (Å²) < 4.78 is 5.79. The zero-order valence-electron chi connectivity index (χ0n) is 13.3. The van der Waals surface area contributed by atoms with Crippen LogP contribution in [-0.2, 0) is 9.59 Å². The molecule has 2 aromatic rings. The van der Waals surface area contributed by atoms with Gasteiger partial charge in [0.25, 0.3) is 5.89 Å². The number of likely N-dealkylation sites (tertiary alicyclic amines) is 2. The van der Waals surface area contributed by atoms with Gasteiger partial charge in [-0.15, -0.1) is 21.5 Å². The van der Waals surface area contributed by atoms with Gasteiger partial charge in [-0.2, -0.15) is 0 Å². The Balaban J connectivity index is 1.41. The Bertz CT molecular complexity index is 757. The molecule has 2 aliphatic rings. The molecule has 0 radical (unpaired) electrons. The van der Waals surface area contributed by atoms with Gasteiger partial charge in [0.05, 0.1) is 16.7 Å². The van der Waals surface area contributed by atoms with Crippen LogP contribution < -0.4 is 0 Å². The first-order valence-corrected chi connectivity index (χ1v) is 8.90. The van der Waals surface area contributed by atoms with Gasteiger partial charge in [0.15, 0.2) is 0 Å². The molecule has 0 saturated carbocycles. The summed E-state index contributed by atoms with van der Waals surface area (Å²) in [5, 5.41) is 10.2. The number of carbonyl (C=O) groups excluding carboxylic acids is 2. The maximum atomic E-state index is 12.6. The van der Waals surface area contributed by atoms with Crippen molar-refractivity contribution in [3.8, 4) is 10.8 Å². The van der Waals surface area contributed by atoms with Gasteiger partial charge in [0, 0.05) is 33.1 Å². The van der Waals surface area contributed by atoms with E-state index >= 15 is 0 Å². The summed E-state index contributed by atoms with van der Waals surface area (Å²) in [5.74, 6) is 1.09. The van der Waals surface area contributed by atoms with Crippen molar-refractivity contribution in [1.29, 1.82) is 0 Å². The van der Waals surface area contributed by atoms with Gasteiger partial charge >= 0.3 is 0 Å². The second-order valence-electron chi connectivity index (χ2n) is 6.37. The average molecular weight is 346 g/mol. The third-order valence-corrected chi connectivity index (χ3v) is 5.57. The van der Waals surface area contributed by atoms with Crippen LogP contribution in [0, 0.1) is 5.92 Å². The SMILES string of the molecule is CN1CC(C(=O)N2CCC(c3nnc(-c4cccs4)o3)C2)CC1=O. The molecule has 0 aromatic carbocycles. The number of amides is 2. The summed E-state index contributed by atoms with van der Waals surface area (Å²) in [6.07, 6.45) is 1.13. The second-order valence-corrected chi connectivity index (χ2v) is 7.32. The minimum atomic E-state index is -0.217. The molecule has 0 bridgehead atoms. The minimum Gasteiger partial charge on any atom is -0.420 e. The molecular formula is C16H18N4O3S. The second kappa shape index (κ2) is 6.01. The van der Waals surface area contributed by atoms with Gasteiger partial charge in [0.1, 0.15) is 0 Å². The summed E-state index contributed by atoms with van der Waals surface area (Å²) in [4.78, 5) is 28.6. The average Bonchev–Trinajstić information content (AvgIpc) is 3.35. The van der Waals surface area contributed by atoms with Crippen molar-refractivity contribution in [1.82, 2.24) is 20.0 Å². The van der Waals surface area contributed by atoms with E-state index in [2.05, 4.69) is 10.2 Å². The van der Waals surface area contributed by atoms with Gasteiger partial charge in [-0.05, 0) is 17.9 Å². The molecule has 2 aliphatic heterocycles. The van der Waals surface area contributed by atoms with E-state index in [1.165, 1.54) is 0 Å². The van der Waals surface area contributed by atoms with Gasteiger partial charge < -0.3 is 14.2 Å². The number of hydrogen-bond donors (Lipinski definition) is 0. The van der Waals surface area contributed by atoms with E-state index in [9.17, 15) is 9.59 Å². The Morgan fingerprint density at radius 3 is 2.96 bits per heavy atom. The lowest BCUT2D eigenvalue weighted by molar-refractivity contribution is -0.134. The number of hydrogen-bond acceptors (Lipinski definition) is 6. The molecule has 4 heterocycles. The van der Waals surface area contributed by atoms with Crippen molar-refractivity contribution in [3.05, 3.63) is 23.4 Å².